The molecule has 2 fully saturated rings. The fourth-order valence-electron chi connectivity index (χ4n) is 3.29. The summed E-state index contributed by atoms with van der Waals surface area (Å²) in [6.45, 7) is 3.92. The minimum absolute atomic E-state index is 0.0308. The van der Waals surface area contributed by atoms with E-state index in [-0.39, 0.29) is 30.6 Å². The van der Waals surface area contributed by atoms with Crippen LogP contribution in [0.5, 0.6) is 0 Å². The van der Waals surface area contributed by atoms with Gasteiger partial charge in [-0.15, -0.1) is 0 Å². The zero-order valence-electron chi connectivity index (χ0n) is 14.0. The first kappa shape index (κ1) is 16.8. The average Bonchev–Trinajstić information content (AvgIpc) is 2.60. The standard InChI is InChI=1S/C16H22N4O4/c1-11-12(7-17-10-18-11)16(22)19-4-3-14-13(8-19)20(5-6-23-2)15(21)9-24-14/h7,10,13-14H,3-6,8-9H2,1-2H3/t13-,14+/m0/s1. The SMILES string of the molecule is COCCN1C(=O)CO[C@@H]2CCN(C(=O)c3cncnc3C)C[C@@H]21. The molecule has 0 aliphatic carbocycles. The van der Waals surface area contributed by atoms with Gasteiger partial charge in [-0.1, -0.05) is 0 Å². The van der Waals surface area contributed by atoms with Gasteiger partial charge in [-0.25, -0.2) is 9.97 Å². The van der Waals surface area contributed by atoms with E-state index in [2.05, 4.69) is 9.97 Å². The Labute approximate surface area is 140 Å². The van der Waals surface area contributed by atoms with Gasteiger partial charge in [0, 0.05) is 32.9 Å². The van der Waals surface area contributed by atoms with Crippen LogP contribution in [-0.4, -0.2) is 83.7 Å². The monoisotopic (exact) mass is 334 g/mol. The highest BCUT2D eigenvalue weighted by atomic mass is 16.5. The Hall–Kier alpha value is -2.06. The van der Waals surface area contributed by atoms with Crippen molar-refractivity contribution in [1.82, 2.24) is 19.8 Å². The second kappa shape index (κ2) is 7.23. The molecular weight excluding hydrogens is 312 g/mol. The van der Waals surface area contributed by atoms with Gasteiger partial charge in [-0.3, -0.25) is 9.59 Å². The molecule has 0 bridgehead atoms. The number of likely N-dealkylation sites (tertiary alicyclic amines) is 1. The number of hydrogen-bond donors (Lipinski definition) is 0. The lowest BCUT2D eigenvalue weighted by molar-refractivity contribution is -0.163. The quantitative estimate of drug-likeness (QED) is 0.763. The second-order valence-corrected chi connectivity index (χ2v) is 6.06. The van der Waals surface area contributed by atoms with Gasteiger partial charge in [0.2, 0.25) is 5.91 Å². The van der Waals surface area contributed by atoms with Crippen molar-refractivity contribution < 1.29 is 19.1 Å². The molecule has 0 spiro atoms. The largest absolute Gasteiger partial charge is 0.383 e. The Bertz CT molecular complexity index is 624. The van der Waals surface area contributed by atoms with Gasteiger partial charge in [0.05, 0.1) is 30.0 Å². The summed E-state index contributed by atoms with van der Waals surface area (Å²) in [5.74, 6) is -0.155. The number of hydrogen-bond acceptors (Lipinski definition) is 6. The van der Waals surface area contributed by atoms with Crippen LogP contribution >= 0.6 is 0 Å². The van der Waals surface area contributed by atoms with Crippen LogP contribution in [0.3, 0.4) is 0 Å². The summed E-state index contributed by atoms with van der Waals surface area (Å²) in [4.78, 5) is 36.5. The maximum atomic E-state index is 12.8. The minimum Gasteiger partial charge on any atom is -0.383 e. The molecule has 24 heavy (non-hydrogen) atoms. The molecule has 2 aliphatic rings. The highest BCUT2D eigenvalue weighted by Crippen LogP contribution is 2.25. The number of morpholine rings is 1. The van der Waals surface area contributed by atoms with Crippen molar-refractivity contribution in [2.45, 2.75) is 25.5 Å². The molecule has 2 saturated heterocycles. The van der Waals surface area contributed by atoms with Gasteiger partial charge in [0.15, 0.2) is 0 Å². The molecule has 3 heterocycles. The molecular formula is C16H22N4O4. The van der Waals surface area contributed by atoms with Crippen molar-refractivity contribution in [3.8, 4) is 0 Å². The number of amides is 2. The number of piperidine rings is 1. The number of rotatable bonds is 4. The molecule has 8 heteroatoms. The number of carbonyl (C=O) groups is 2. The van der Waals surface area contributed by atoms with Gasteiger partial charge >= 0.3 is 0 Å². The third-order valence-electron chi connectivity index (χ3n) is 4.63. The fraction of sp³-hybridized carbons (Fsp3) is 0.625. The van der Waals surface area contributed by atoms with Gasteiger partial charge in [0.25, 0.3) is 5.91 Å². The third kappa shape index (κ3) is 3.25. The fourth-order valence-corrected chi connectivity index (χ4v) is 3.29. The molecule has 0 unspecified atom stereocenters. The van der Waals surface area contributed by atoms with Gasteiger partial charge < -0.3 is 19.3 Å². The summed E-state index contributed by atoms with van der Waals surface area (Å²) in [7, 11) is 1.61. The van der Waals surface area contributed by atoms with Gasteiger partial charge in [-0.2, -0.15) is 0 Å². The Morgan fingerprint density at radius 2 is 2.33 bits per heavy atom. The average molecular weight is 334 g/mol. The lowest BCUT2D eigenvalue weighted by atomic mass is 9.97. The van der Waals surface area contributed by atoms with E-state index < -0.39 is 0 Å². The van der Waals surface area contributed by atoms with E-state index in [4.69, 9.17) is 9.47 Å². The molecule has 8 nitrogen and oxygen atoms in total. The normalized spacial score (nSPS) is 24.0. The molecule has 0 radical (unpaired) electrons. The van der Waals surface area contributed by atoms with E-state index in [0.717, 1.165) is 0 Å². The highest BCUT2D eigenvalue weighted by Gasteiger charge is 2.41. The number of ether oxygens (including phenoxy) is 2. The maximum Gasteiger partial charge on any atom is 0.257 e. The van der Waals surface area contributed by atoms with Gasteiger partial charge in [0.1, 0.15) is 12.9 Å². The summed E-state index contributed by atoms with van der Waals surface area (Å²) >= 11 is 0. The molecule has 3 rings (SSSR count). The topological polar surface area (TPSA) is 84.9 Å². The first-order valence-corrected chi connectivity index (χ1v) is 8.07. The Balaban J connectivity index is 1.75. The number of aromatic nitrogens is 2. The van der Waals surface area contributed by atoms with E-state index in [1.54, 1.807) is 30.0 Å². The summed E-state index contributed by atoms with van der Waals surface area (Å²) in [5, 5.41) is 0. The van der Waals surface area contributed by atoms with Crippen LogP contribution in [0.1, 0.15) is 22.5 Å². The van der Waals surface area contributed by atoms with Crippen LogP contribution in [0.2, 0.25) is 0 Å². The molecule has 0 N–H and O–H groups in total. The van der Waals surface area contributed by atoms with E-state index in [1.165, 1.54) is 6.33 Å². The molecule has 0 saturated carbocycles. The van der Waals surface area contributed by atoms with Crippen LogP contribution in [-0.2, 0) is 14.3 Å². The number of methoxy groups -OCH3 is 1. The third-order valence-corrected chi connectivity index (χ3v) is 4.63. The van der Waals surface area contributed by atoms with Crippen molar-refractivity contribution in [3.63, 3.8) is 0 Å². The van der Waals surface area contributed by atoms with E-state index in [9.17, 15) is 9.59 Å². The van der Waals surface area contributed by atoms with Crippen molar-refractivity contribution >= 4 is 11.8 Å². The van der Waals surface area contributed by atoms with Crippen molar-refractivity contribution in [1.29, 1.82) is 0 Å². The van der Waals surface area contributed by atoms with E-state index >= 15 is 0 Å². The number of nitrogens with zero attached hydrogens (tertiary/aromatic N) is 4. The van der Waals surface area contributed by atoms with Crippen molar-refractivity contribution in [2.24, 2.45) is 0 Å². The van der Waals surface area contributed by atoms with Crippen LogP contribution < -0.4 is 0 Å². The summed E-state index contributed by atoms with van der Waals surface area (Å²) < 4.78 is 10.8. The summed E-state index contributed by atoms with van der Waals surface area (Å²) in [5.41, 5.74) is 1.16. The predicted molar refractivity (Wildman–Crippen MR) is 84.4 cm³/mol. The van der Waals surface area contributed by atoms with E-state index in [1.807, 2.05) is 0 Å². The Morgan fingerprint density at radius 3 is 3.08 bits per heavy atom. The van der Waals surface area contributed by atoms with Crippen LogP contribution in [0.25, 0.3) is 0 Å². The van der Waals surface area contributed by atoms with Crippen LogP contribution in [0.4, 0.5) is 0 Å². The molecule has 1 aromatic rings. The summed E-state index contributed by atoms with van der Waals surface area (Å²) in [6, 6.07) is -0.135. The first-order valence-electron chi connectivity index (χ1n) is 8.07. The predicted octanol–water partition coefficient (Wildman–Crippen LogP) is -0.127. The van der Waals surface area contributed by atoms with Crippen molar-refractivity contribution in [2.75, 3.05) is 40.0 Å². The smallest absolute Gasteiger partial charge is 0.257 e. The molecule has 2 aliphatic heterocycles. The van der Waals surface area contributed by atoms with Crippen LogP contribution in [0, 0.1) is 6.92 Å². The molecule has 130 valence electrons. The first-order chi connectivity index (χ1) is 11.6. The minimum atomic E-state index is -0.135. The number of aryl methyl sites for hydroxylation is 1. The molecule has 2 atom stereocenters. The molecule has 0 aromatic carbocycles. The Morgan fingerprint density at radius 1 is 1.50 bits per heavy atom. The van der Waals surface area contributed by atoms with E-state index in [0.29, 0.717) is 43.9 Å². The van der Waals surface area contributed by atoms with Gasteiger partial charge in [-0.05, 0) is 13.3 Å². The Kier molecular flexibility index (Phi) is 5.06. The zero-order chi connectivity index (χ0) is 17.1. The van der Waals surface area contributed by atoms with Crippen LogP contribution in [0.15, 0.2) is 12.5 Å². The lowest BCUT2D eigenvalue weighted by Gasteiger charge is -2.46. The lowest BCUT2D eigenvalue weighted by Crippen LogP contribution is -2.63. The number of fused-ring (bicyclic) bond motifs is 1. The zero-order valence-corrected chi connectivity index (χ0v) is 14.0. The maximum absolute atomic E-state index is 12.8. The molecule has 1 aromatic heterocycles. The summed E-state index contributed by atoms with van der Waals surface area (Å²) in [6.07, 6.45) is 3.65. The second-order valence-electron chi connectivity index (χ2n) is 6.06. The van der Waals surface area contributed by atoms with Crippen molar-refractivity contribution in [3.05, 3.63) is 23.8 Å². The highest BCUT2D eigenvalue weighted by molar-refractivity contribution is 5.95. The number of carbonyl (C=O) groups excluding carboxylic acids is 2. The molecule has 2 amide bonds.